The Hall–Kier alpha value is -10.3. The third-order valence-electron chi connectivity index (χ3n) is 15.1. The molecule has 5 aromatic rings. The second kappa shape index (κ2) is 35.6. The molecule has 3 aromatic carbocycles. The Morgan fingerprint density at radius 1 is 0.510 bits per heavy atom. The molecule has 2 aromatic heterocycles. The number of amides is 1. The number of hydrogen-bond acceptors (Lipinski definition) is 25. The van der Waals surface area contributed by atoms with Crippen molar-refractivity contribution in [2.45, 2.75) is 119 Å². The highest BCUT2D eigenvalue weighted by Crippen LogP contribution is 2.24. The number of carbonyl (C=O) groups is 4. The molecule has 7 aliphatic heterocycles. The molecule has 1 saturated heterocycles. The summed E-state index contributed by atoms with van der Waals surface area (Å²) in [6.45, 7) is 20.7. The molecule has 12 rings (SSSR count). The minimum atomic E-state index is -0.370. The normalized spacial score (nSPS) is 15.4. The summed E-state index contributed by atoms with van der Waals surface area (Å²) in [5.74, 6) is 2.30. The standard InChI is InChI=1S/C33H34N10O4.C11H6Cl2N8.C11H15NO2.C8H19N.C5H9NO/c1-4-6-19-46-27(44)21-10-14-23(15-11-21)34-29-38-31-36-26(25-9-8-18-42(25)3)37-32-39-30(41-33(40-29)43(31)32)35-24-16-12-22(13-17-24)28(45)47-20-7-5-2;1-20-4-2-3-5(20)6-14-9-16-7(12)18-11-19-8(13)17-10(15-6)21(9)11;1-2-3-8-14-11(13)9-4-6-10(12)7-5-9;1-6-9(7(2)3)8(4)5;1-6-4-2-3-5(6)7/h8-18H,4-7,19-20H2,1-3H3,(H2,34,35,36,37,38,39,40,41);2-4H,1H3;4-7H,2-3,8,12H2,1H3;7-8H,6H2,1-5H3;2-4H2,1H3. The lowest BCUT2D eigenvalue weighted by atomic mass is 10.2. The van der Waals surface area contributed by atoms with E-state index in [-0.39, 0.29) is 64.3 Å². The first-order valence-electron chi connectivity index (χ1n) is 32.5. The second-order valence-electron chi connectivity index (χ2n) is 23.1. The van der Waals surface area contributed by atoms with Crippen LogP contribution in [0.25, 0.3) is 0 Å². The number of aryl methyl sites for hydroxylation is 2. The number of guanidine groups is 8. The zero-order valence-electron chi connectivity index (χ0n) is 57.0. The van der Waals surface area contributed by atoms with Crippen molar-refractivity contribution in [1.29, 1.82) is 0 Å². The summed E-state index contributed by atoms with van der Waals surface area (Å²) in [5, 5.41) is 6.42. The molecular weight excluding hydrogens is 1290 g/mol. The van der Waals surface area contributed by atoms with Crippen LogP contribution in [0.15, 0.2) is 169 Å². The van der Waals surface area contributed by atoms with Crippen LogP contribution in [0.5, 0.6) is 0 Å². The van der Waals surface area contributed by atoms with E-state index in [0.717, 1.165) is 75.8 Å². The molecule has 0 radical (unpaired) electrons. The molecule has 98 heavy (non-hydrogen) atoms. The van der Waals surface area contributed by atoms with Crippen molar-refractivity contribution in [3.8, 4) is 0 Å². The molecule has 0 unspecified atom stereocenters. The van der Waals surface area contributed by atoms with Gasteiger partial charge in [-0.05, 0) is 180 Å². The van der Waals surface area contributed by atoms with Gasteiger partial charge in [0.15, 0.2) is 11.7 Å². The summed E-state index contributed by atoms with van der Waals surface area (Å²) in [4.78, 5) is 107. The van der Waals surface area contributed by atoms with Gasteiger partial charge in [-0.25, -0.2) is 24.2 Å². The average Bonchev–Trinajstić information content (AvgIpc) is 1.12. The monoisotopic (exact) mass is 1380 g/mol. The molecule has 28 nitrogen and oxygen atoms in total. The summed E-state index contributed by atoms with van der Waals surface area (Å²) in [5.41, 5.74) is 10.5. The molecule has 0 aliphatic carbocycles. The number of anilines is 3. The minimum absolute atomic E-state index is 0.0302. The highest BCUT2D eigenvalue weighted by atomic mass is 35.5. The van der Waals surface area contributed by atoms with Gasteiger partial charge < -0.3 is 44.6 Å². The van der Waals surface area contributed by atoms with E-state index in [2.05, 4.69) is 107 Å². The van der Waals surface area contributed by atoms with Crippen LogP contribution in [0.2, 0.25) is 0 Å². The highest BCUT2D eigenvalue weighted by Gasteiger charge is 2.37. The van der Waals surface area contributed by atoms with Crippen LogP contribution in [-0.4, -0.2) is 175 Å². The van der Waals surface area contributed by atoms with E-state index in [1.807, 2.05) is 80.8 Å². The number of halogens is 2. The summed E-state index contributed by atoms with van der Waals surface area (Å²) in [6, 6.07) is 29.4. The molecular formula is C68H83Cl2N21O7. The number of benzene rings is 3. The lowest BCUT2D eigenvalue weighted by molar-refractivity contribution is -0.126. The number of unbranched alkanes of at least 4 members (excludes halogenated alkanes) is 3. The van der Waals surface area contributed by atoms with E-state index >= 15 is 0 Å². The lowest BCUT2D eigenvalue weighted by Gasteiger charge is -2.30. The van der Waals surface area contributed by atoms with E-state index in [1.54, 1.807) is 82.6 Å². The largest absolute Gasteiger partial charge is 0.462 e. The third kappa shape index (κ3) is 20.1. The first-order valence-corrected chi connectivity index (χ1v) is 33.2. The number of esters is 3. The van der Waals surface area contributed by atoms with Crippen LogP contribution in [0.3, 0.4) is 0 Å². The molecule has 0 saturated carbocycles. The lowest BCUT2D eigenvalue weighted by Crippen LogP contribution is -2.49. The van der Waals surface area contributed by atoms with Crippen molar-refractivity contribution in [1.82, 2.24) is 28.7 Å². The quantitative estimate of drug-likeness (QED) is 0.0228. The molecule has 30 heteroatoms. The first kappa shape index (κ1) is 73.5. The van der Waals surface area contributed by atoms with Gasteiger partial charge in [0, 0.05) is 75.6 Å². The van der Waals surface area contributed by atoms with Gasteiger partial charge in [-0.3, -0.25) is 9.69 Å². The van der Waals surface area contributed by atoms with Crippen molar-refractivity contribution in [2.75, 3.05) is 56.3 Å². The zero-order valence-corrected chi connectivity index (χ0v) is 58.5. The van der Waals surface area contributed by atoms with E-state index in [4.69, 9.17) is 53.1 Å². The number of hydrogen-bond donors (Lipinski definition) is 3. The number of carbonyl (C=O) groups excluding carboxylic acids is 4. The topological polar surface area (TPSA) is 317 Å². The molecule has 0 atom stereocenters. The van der Waals surface area contributed by atoms with Crippen molar-refractivity contribution in [3.63, 3.8) is 0 Å². The summed E-state index contributed by atoms with van der Waals surface area (Å²) in [6.07, 6.45) is 11.1. The maximum atomic E-state index is 12.3. The summed E-state index contributed by atoms with van der Waals surface area (Å²) < 4.78 is 19.4. The molecule has 7 aliphatic rings. The van der Waals surface area contributed by atoms with Gasteiger partial charge in [0.05, 0.1) is 47.9 Å². The molecule has 0 spiro atoms. The molecule has 9 heterocycles. The number of ether oxygens (including phenoxy) is 3. The maximum absolute atomic E-state index is 12.3. The van der Waals surface area contributed by atoms with E-state index in [0.29, 0.717) is 95.2 Å². The first-order chi connectivity index (χ1) is 47.2. The Labute approximate surface area is 580 Å². The highest BCUT2D eigenvalue weighted by molar-refractivity contribution is 6.69. The Bertz CT molecular complexity index is 3980. The molecule has 1 fully saturated rings. The Balaban J connectivity index is 0.000000194. The van der Waals surface area contributed by atoms with Crippen LogP contribution in [0.4, 0.5) is 17.1 Å². The maximum Gasteiger partial charge on any atom is 0.338 e. The molecule has 4 N–H and O–H groups in total. The van der Waals surface area contributed by atoms with Crippen LogP contribution in [0, 0.1) is 0 Å². The number of amidine groups is 4. The molecule has 0 bridgehead atoms. The predicted octanol–water partition coefficient (Wildman–Crippen LogP) is 11.0. The fourth-order valence-electron chi connectivity index (χ4n) is 9.80. The van der Waals surface area contributed by atoms with E-state index < -0.39 is 0 Å². The minimum Gasteiger partial charge on any atom is -0.462 e. The number of aromatic nitrogens is 2. The van der Waals surface area contributed by atoms with Crippen LogP contribution in [0.1, 0.15) is 149 Å². The van der Waals surface area contributed by atoms with Gasteiger partial charge in [0.25, 0.3) is 0 Å². The number of rotatable bonds is 19. The van der Waals surface area contributed by atoms with Gasteiger partial charge in [-0.2, -0.15) is 59.9 Å². The van der Waals surface area contributed by atoms with E-state index in [9.17, 15) is 19.2 Å². The second-order valence-corrected chi connectivity index (χ2v) is 23.8. The van der Waals surface area contributed by atoms with Gasteiger partial charge in [0.1, 0.15) is 0 Å². The predicted molar refractivity (Wildman–Crippen MR) is 390 cm³/mol. The fraction of sp³-hybridized carbons (Fsp3) is 0.382. The van der Waals surface area contributed by atoms with Crippen molar-refractivity contribution in [2.24, 2.45) is 74.0 Å². The number of nitrogens with zero attached hydrogens (tertiary/aromatic N) is 18. The number of nitrogens with two attached hydrogens (primary N) is 1. The van der Waals surface area contributed by atoms with Crippen LogP contribution < -0.4 is 16.4 Å². The van der Waals surface area contributed by atoms with Gasteiger partial charge in [-0.15, -0.1) is 0 Å². The molecule has 516 valence electrons. The van der Waals surface area contributed by atoms with E-state index in [1.165, 1.54) is 4.90 Å². The number of aliphatic imine (C=N–C) groups is 12. The van der Waals surface area contributed by atoms with Gasteiger partial charge in [0.2, 0.25) is 64.2 Å². The SMILES string of the molecule is CCCCOC(=O)c1ccc(N)cc1.CCCCOC(=O)c1ccc(NC2=NC3=NC(Nc4ccc(C(=O)OCCCC)cc4)=NC4=NC(c5cccn5C)=NC(=N2)N34)cc1.CCN(C(C)C)C(C)C.CN1CCCC1=O.Cn1cccc1C1=NC2=NC(Cl)=NC3=NC(Cl)=NC(=N1)N32. The Morgan fingerprint density at radius 2 is 0.878 bits per heavy atom. The number of nitrogen functional groups attached to an aromatic ring is 1. The fourth-order valence-corrected chi connectivity index (χ4v) is 10.1. The Kier molecular flexibility index (Phi) is 26.7. The average molecular weight is 1380 g/mol. The van der Waals surface area contributed by atoms with Crippen LogP contribution in [-0.2, 0) is 33.1 Å². The van der Waals surface area contributed by atoms with Crippen molar-refractivity contribution in [3.05, 3.63) is 138 Å². The smallest absolute Gasteiger partial charge is 0.338 e. The number of nitrogens with one attached hydrogen (secondary N) is 2. The van der Waals surface area contributed by atoms with Gasteiger partial charge >= 0.3 is 17.9 Å². The molecule has 1 amide bonds. The number of likely N-dealkylation sites (tertiary alicyclic amines) is 1. The van der Waals surface area contributed by atoms with Gasteiger partial charge in [-0.1, -0.05) is 47.0 Å². The van der Waals surface area contributed by atoms with Crippen LogP contribution >= 0.6 is 23.2 Å². The summed E-state index contributed by atoms with van der Waals surface area (Å²) >= 11 is 11.8. The van der Waals surface area contributed by atoms with Crippen molar-refractivity contribution >= 4 is 134 Å². The van der Waals surface area contributed by atoms with Crippen molar-refractivity contribution < 1.29 is 33.4 Å². The summed E-state index contributed by atoms with van der Waals surface area (Å²) in [7, 11) is 5.64. The zero-order chi connectivity index (χ0) is 70.4. The third-order valence-corrected chi connectivity index (χ3v) is 15.4. The Morgan fingerprint density at radius 3 is 1.20 bits per heavy atom.